The van der Waals surface area contributed by atoms with Crippen LogP contribution in [0, 0.1) is 13.8 Å². The van der Waals surface area contributed by atoms with Crippen molar-refractivity contribution in [3.63, 3.8) is 0 Å². The molecule has 2 aromatic rings. The Hall–Kier alpha value is -2.47. The van der Waals surface area contributed by atoms with Gasteiger partial charge in [-0.3, -0.25) is 4.79 Å². The van der Waals surface area contributed by atoms with E-state index < -0.39 is 0 Å². The van der Waals surface area contributed by atoms with Gasteiger partial charge in [0, 0.05) is 6.08 Å². The first-order valence-corrected chi connectivity index (χ1v) is 8.21. The fourth-order valence-electron chi connectivity index (χ4n) is 2.15. The Labute approximate surface area is 151 Å². The van der Waals surface area contributed by atoms with E-state index in [9.17, 15) is 4.79 Å². The van der Waals surface area contributed by atoms with Crippen LogP contribution < -0.4 is 14.8 Å². The molecule has 0 fully saturated rings. The van der Waals surface area contributed by atoms with Gasteiger partial charge in [-0.25, -0.2) is 4.98 Å². The van der Waals surface area contributed by atoms with Crippen LogP contribution in [0.5, 0.6) is 11.5 Å². The van der Waals surface area contributed by atoms with Crippen LogP contribution in [0.4, 0.5) is 0 Å². The van der Waals surface area contributed by atoms with Crippen LogP contribution in [0.3, 0.4) is 0 Å². The van der Waals surface area contributed by atoms with E-state index in [1.54, 1.807) is 18.2 Å². The van der Waals surface area contributed by atoms with Crippen LogP contribution in [-0.4, -0.2) is 24.6 Å². The van der Waals surface area contributed by atoms with Gasteiger partial charge in [-0.05, 0) is 44.5 Å². The normalized spacial score (nSPS) is 10.9. The van der Waals surface area contributed by atoms with Gasteiger partial charge in [-0.1, -0.05) is 11.6 Å². The van der Waals surface area contributed by atoms with Crippen molar-refractivity contribution in [1.82, 2.24) is 10.3 Å². The molecule has 1 heterocycles. The molecule has 1 amide bonds. The zero-order valence-corrected chi connectivity index (χ0v) is 15.4. The van der Waals surface area contributed by atoms with Gasteiger partial charge in [0.15, 0.2) is 11.5 Å². The van der Waals surface area contributed by atoms with E-state index in [2.05, 4.69) is 10.3 Å². The van der Waals surface area contributed by atoms with E-state index in [1.165, 1.54) is 13.2 Å². The molecule has 0 saturated heterocycles. The Kier molecular flexibility index (Phi) is 6.47. The van der Waals surface area contributed by atoms with Crippen molar-refractivity contribution in [2.45, 2.75) is 27.3 Å². The molecule has 0 unspecified atom stereocenters. The van der Waals surface area contributed by atoms with Crippen LogP contribution in [0.15, 0.2) is 22.6 Å². The van der Waals surface area contributed by atoms with Gasteiger partial charge < -0.3 is 19.2 Å². The smallest absolute Gasteiger partial charge is 0.244 e. The molecule has 0 aliphatic heterocycles. The molecule has 0 spiro atoms. The fraction of sp³-hybridized carbons (Fsp3) is 0.333. The Balaban J connectivity index is 2.03. The number of halogens is 1. The van der Waals surface area contributed by atoms with E-state index in [0.29, 0.717) is 29.0 Å². The van der Waals surface area contributed by atoms with Crippen molar-refractivity contribution in [1.29, 1.82) is 0 Å². The van der Waals surface area contributed by atoms with E-state index in [1.807, 2.05) is 20.8 Å². The summed E-state index contributed by atoms with van der Waals surface area (Å²) in [6.07, 6.45) is 3.06. The van der Waals surface area contributed by atoms with E-state index in [4.69, 9.17) is 25.5 Å². The molecule has 0 radical (unpaired) electrons. The summed E-state index contributed by atoms with van der Waals surface area (Å²) in [5.41, 5.74) is 1.54. The molecule has 134 valence electrons. The highest BCUT2D eigenvalue weighted by molar-refractivity contribution is 6.32. The highest BCUT2D eigenvalue weighted by Crippen LogP contribution is 2.36. The second-order valence-electron chi connectivity index (χ2n) is 5.27. The molecule has 0 saturated carbocycles. The Morgan fingerprint density at radius 2 is 2.16 bits per heavy atom. The number of nitrogens with zero attached hydrogens (tertiary/aromatic N) is 1. The summed E-state index contributed by atoms with van der Waals surface area (Å²) in [5.74, 6) is 1.96. The van der Waals surface area contributed by atoms with Gasteiger partial charge in [-0.15, -0.1) is 0 Å². The first kappa shape index (κ1) is 18.9. The third-order valence-electron chi connectivity index (χ3n) is 3.45. The van der Waals surface area contributed by atoms with Crippen molar-refractivity contribution in [3.05, 3.63) is 46.1 Å². The number of carbonyl (C=O) groups is 1. The summed E-state index contributed by atoms with van der Waals surface area (Å²) in [7, 11) is 1.53. The lowest BCUT2D eigenvalue weighted by Crippen LogP contribution is -2.20. The van der Waals surface area contributed by atoms with Crippen molar-refractivity contribution < 1.29 is 18.7 Å². The molecule has 0 aliphatic rings. The van der Waals surface area contributed by atoms with E-state index in [0.717, 1.165) is 17.0 Å². The lowest BCUT2D eigenvalue weighted by Gasteiger charge is -2.11. The van der Waals surface area contributed by atoms with Crippen LogP contribution in [-0.2, 0) is 11.3 Å². The zero-order chi connectivity index (χ0) is 18.4. The summed E-state index contributed by atoms with van der Waals surface area (Å²) in [6, 6.07) is 3.46. The van der Waals surface area contributed by atoms with Gasteiger partial charge in [0.05, 0.1) is 31.0 Å². The third kappa shape index (κ3) is 5.00. The number of methoxy groups -OCH3 is 1. The maximum Gasteiger partial charge on any atom is 0.244 e. The second-order valence-corrected chi connectivity index (χ2v) is 5.67. The summed E-state index contributed by atoms with van der Waals surface area (Å²) in [4.78, 5) is 16.2. The number of amides is 1. The molecule has 0 bridgehead atoms. The number of carbonyl (C=O) groups excluding carboxylic acids is 1. The zero-order valence-electron chi connectivity index (χ0n) is 14.7. The standard InChI is InChI=1S/C18H21ClN2O4/c1-5-24-15-9-13(8-14(19)18(15)23-4)6-7-16(22)20-10-17-21-11(2)12(3)25-17/h6-9H,5,10H2,1-4H3,(H,20,22). The van der Waals surface area contributed by atoms with Crippen LogP contribution in [0.25, 0.3) is 6.08 Å². The Morgan fingerprint density at radius 3 is 2.76 bits per heavy atom. The summed E-state index contributed by atoms with van der Waals surface area (Å²) < 4.78 is 16.2. The third-order valence-corrected chi connectivity index (χ3v) is 3.73. The quantitative estimate of drug-likeness (QED) is 0.758. The topological polar surface area (TPSA) is 73.6 Å². The summed E-state index contributed by atoms with van der Waals surface area (Å²) >= 11 is 6.18. The highest BCUT2D eigenvalue weighted by atomic mass is 35.5. The first-order chi connectivity index (χ1) is 11.9. The number of hydrogen-bond donors (Lipinski definition) is 1. The molecule has 1 aromatic heterocycles. The molecule has 0 aliphatic carbocycles. The number of aromatic nitrogens is 1. The minimum absolute atomic E-state index is 0.228. The van der Waals surface area contributed by atoms with E-state index >= 15 is 0 Å². The average Bonchev–Trinajstić information content (AvgIpc) is 2.89. The molecule has 1 N–H and O–H groups in total. The number of aryl methyl sites for hydroxylation is 2. The number of oxazole rings is 1. The Bertz CT molecular complexity index is 764. The van der Waals surface area contributed by atoms with Crippen LogP contribution >= 0.6 is 11.6 Å². The monoisotopic (exact) mass is 364 g/mol. The van der Waals surface area contributed by atoms with Crippen molar-refractivity contribution in [2.24, 2.45) is 0 Å². The SMILES string of the molecule is CCOc1cc(C=CC(=O)NCc2nc(C)c(C)o2)cc(Cl)c1OC. The van der Waals surface area contributed by atoms with Crippen LogP contribution in [0.1, 0.15) is 29.8 Å². The van der Waals surface area contributed by atoms with Crippen LogP contribution in [0.2, 0.25) is 5.02 Å². The summed E-state index contributed by atoms with van der Waals surface area (Å²) in [6.45, 7) is 6.26. The predicted molar refractivity (Wildman–Crippen MR) is 96.0 cm³/mol. The van der Waals surface area contributed by atoms with E-state index in [-0.39, 0.29) is 12.5 Å². The Morgan fingerprint density at radius 1 is 1.40 bits per heavy atom. The lowest BCUT2D eigenvalue weighted by molar-refractivity contribution is -0.116. The molecular formula is C18H21ClN2O4. The summed E-state index contributed by atoms with van der Waals surface area (Å²) in [5, 5.41) is 3.13. The molecule has 1 aromatic carbocycles. The van der Waals surface area contributed by atoms with Crippen molar-refractivity contribution >= 4 is 23.6 Å². The highest BCUT2D eigenvalue weighted by Gasteiger charge is 2.11. The lowest BCUT2D eigenvalue weighted by atomic mass is 10.2. The van der Waals surface area contributed by atoms with Gasteiger partial charge in [0.1, 0.15) is 5.76 Å². The minimum Gasteiger partial charge on any atom is -0.491 e. The molecule has 6 nitrogen and oxygen atoms in total. The maximum atomic E-state index is 11.9. The molecule has 25 heavy (non-hydrogen) atoms. The number of ether oxygens (including phenoxy) is 2. The molecule has 7 heteroatoms. The second kappa shape index (κ2) is 8.58. The van der Waals surface area contributed by atoms with Gasteiger partial charge in [0.2, 0.25) is 11.8 Å². The van der Waals surface area contributed by atoms with Gasteiger partial charge in [-0.2, -0.15) is 0 Å². The molecule has 0 atom stereocenters. The molecular weight excluding hydrogens is 344 g/mol. The van der Waals surface area contributed by atoms with Crippen molar-refractivity contribution in [3.8, 4) is 11.5 Å². The predicted octanol–water partition coefficient (Wildman–Crippen LogP) is 3.68. The maximum absolute atomic E-state index is 11.9. The minimum atomic E-state index is -0.265. The number of rotatable bonds is 7. The van der Waals surface area contributed by atoms with Gasteiger partial charge in [0.25, 0.3) is 0 Å². The van der Waals surface area contributed by atoms with Crippen molar-refractivity contribution in [2.75, 3.05) is 13.7 Å². The molecule has 2 rings (SSSR count). The average molecular weight is 365 g/mol. The fourth-order valence-corrected chi connectivity index (χ4v) is 2.45. The number of benzene rings is 1. The first-order valence-electron chi connectivity index (χ1n) is 7.83. The number of hydrogen-bond acceptors (Lipinski definition) is 5. The largest absolute Gasteiger partial charge is 0.491 e. The van der Waals surface area contributed by atoms with Gasteiger partial charge >= 0.3 is 0 Å². The number of nitrogens with one attached hydrogen (secondary N) is 1.